The highest BCUT2D eigenvalue weighted by molar-refractivity contribution is 5.91. The number of hydrogen-bond donors (Lipinski definition) is 0. The van der Waals surface area contributed by atoms with E-state index in [9.17, 15) is 0 Å². The zero-order chi connectivity index (χ0) is 14.8. The van der Waals surface area contributed by atoms with E-state index in [1.54, 1.807) is 0 Å². The van der Waals surface area contributed by atoms with Crippen molar-refractivity contribution >= 4 is 16.4 Å². The molecule has 0 bridgehead atoms. The van der Waals surface area contributed by atoms with Crippen molar-refractivity contribution < 1.29 is 4.57 Å². The van der Waals surface area contributed by atoms with E-state index in [2.05, 4.69) is 67.0 Å². The molecule has 2 unspecified atom stereocenters. The molecule has 21 heavy (non-hydrogen) atoms. The predicted octanol–water partition coefficient (Wildman–Crippen LogP) is 2.98. The summed E-state index contributed by atoms with van der Waals surface area (Å²) in [5, 5.41) is 10.2. The van der Waals surface area contributed by atoms with Gasteiger partial charge < -0.3 is 0 Å². The maximum Gasteiger partial charge on any atom is 0.241 e. The Morgan fingerprint density at radius 2 is 2.00 bits per heavy atom. The Kier molecular flexibility index (Phi) is 2.31. The number of hydrogen-bond acceptors (Lipinski definition) is 2. The molecule has 108 valence electrons. The SMILES string of the molecule is CCC1(C)c2nnn3ccc4ccc[n+](c4c23)C1(C)CC. The van der Waals surface area contributed by atoms with E-state index in [1.165, 1.54) is 16.4 Å². The molecule has 0 saturated heterocycles. The van der Waals surface area contributed by atoms with Gasteiger partial charge in [-0.25, -0.2) is 4.52 Å². The van der Waals surface area contributed by atoms with Crippen molar-refractivity contribution in [2.75, 3.05) is 0 Å². The van der Waals surface area contributed by atoms with Crippen molar-refractivity contribution in [2.45, 2.75) is 51.5 Å². The van der Waals surface area contributed by atoms with Crippen LogP contribution in [0.1, 0.15) is 46.2 Å². The topological polar surface area (TPSA) is 34.1 Å². The van der Waals surface area contributed by atoms with Crippen molar-refractivity contribution in [3.63, 3.8) is 0 Å². The first-order valence-electron chi connectivity index (χ1n) is 7.76. The molecular weight excluding hydrogens is 260 g/mol. The number of nitrogens with zero attached hydrogens (tertiary/aromatic N) is 4. The molecule has 4 heteroatoms. The van der Waals surface area contributed by atoms with Gasteiger partial charge in [-0.1, -0.05) is 19.1 Å². The first kappa shape index (κ1) is 12.7. The second-order valence-corrected chi connectivity index (χ2v) is 6.54. The molecule has 0 aliphatic carbocycles. The second-order valence-electron chi connectivity index (χ2n) is 6.54. The quantitative estimate of drug-likeness (QED) is 0.677. The van der Waals surface area contributed by atoms with Crippen LogP contribution in [0.3, 0.4) is 0 Å². The van der Waals surface area contributed by atoms with Crippen LogP contribution in [0, 0.1) is 0 Å². The minimum Gasteiger partial charge on any atom is -0.214 e. The van der Waals surface area contributed by atoms with Crippen LogP contribution in [0.25, 0.3) is 16.4 Å². The summed E-state index contributed by atoms with van der Waals surface area (Å²) >= 11 is 0. The lowest BCUT2D eigenvalue weighted by molar-refractivity contribution is -0.751. The standard InChI is InChI=1S/C17H21N4/c1-5-16(3)15-14-13-12(9-11-21(14)19-18-15)8-7-10-20(13)17(16,4)6-2/h7-11H,5-6H2,1-4H3/q+1. The van der Waals surface area contributed by atoms with Gasteiger partial charge in [0.25, 0.3) is 0 Å². The summed E-state index contributed by atoms with van der Waals surface area (Å²) in [6.45, 7) is 9.22. The Bertz CT molecular complexity index is 866. The second kappa shape index (κ2) is 3.81. The third-order valence-electron chi connectivity index (χ3n) is 5.98. The van der Waals surface area contributed by atoms with Gasteiger partial charge in [0, 0.05) is 25.6 Å². The largest absolute Gasteiger partial charge is 0.241 e. The summed E-state index contributed by atoms with van der Waals surface area (Å²) in [7, 11) is 0. The van der Waals surface area contributed by atoms with E-state index in [0.29, 0.717) is 0 Å². The van der Waals surface area contributed by atoms with Gasteiger partial charge >= 0.3 is 0 Å². The van der Waals surface area contributed by atoms with Gasteiger partial charge in [-0.3, -0.25) is 0 Å². The molecule has 0 N–H and O–H groups in total. The molecule has 3 aromatic rings. The minimum atomic E-state index is -0.0171. The van der Waals surface area contributed by atoms with E-state index in [0.717, 1.165) is 18.5 Å². The molecule has 4 heterocycles. The van der Waals surface area contributed by atoms with Crippen molar-refractivity contribution in [2.24, 2.45) is 0 Å². The monoisotopic (exact) mass is 281 g/mol. The van der Waals surface area contributed by atoms with Gasteiger partial charge in [0.1, 0.15) is 5.69 Å². The lowest BCUT2D eigenvalue weighted by Gasteiger charge is -2.42. The molecule has 2 atom stereocenters. The average molecular weight is 281 g/mol. The molecule has 1 aliphatic rings. The van der Waals surface area contributed by atoms with Crippen LogP contribution in [0.5, 0.6) is 0 Å². The van der Waals surface area contributed by atoms with Gasteiger partial charge in [-0.15, -0.1) is 5.10 Å². The van der Waals surface area contributed by atoms with E-state index in [4.69, 9.17) is 0 Å². The maximum atomic E-state index is 4.58. The summed E-state index contributed by atoms with van der Waals surface area (Å²) in [6, 6.07) is 6.45. The Morgan fingerprint density at radius 3 is 2.71 bits per heavy atom. The fourth-order valence-electron chi connectivity index (χ4n) is 4.09. The Morgan fingerprint density at radius 1 is 1.19 bits per heavy atom. The molecule has 0 fully saturated rings. The summed E-state index contributed by atoms with van der Waals surface area (Å²) in [4.78, 5) is 0. The van der Waals surface area contributed by atoms with Crippen molar-refractivity contribution in [3.8, 4) is 0 Å². The summed E-state index contributed by atoms with van der Waals surface area (Å²) in [5.41, 5.74) is 3.56. The van der Waals surface area contributed by atoms with Gasteiger partial charge in [-0.2, -0.15) is 4.57 Å². The van der Waals surface area contributed by atoms with Crippen molar-refractivity contribution in [3.05, 3.63) is 36.3 Å². The molecule has 1 aliphatic heterocycles. The van der Waals surface area contributed by atoms with Crippen LogP contribution in [0.2, 0.25) is 0 Å². The molecule has 4 rings (SSSR count). The zero-order valence-electron chi connectivity index (χ0n) is 13.1. The van der Waals surface area contributed by atoms with Gasteiger partial charge in [0.05, 0.1) is 10.8 Å². The number of rotatable bonds is 2. The average Bonchev–Trinajstić information content (AvgIpc) is 2.96. The van der Waals surface area contributed by atoms with Crippen LogP contribution in [-0.2, 0) is 11.0 Å². The van der Waals surface area contributed by atoms with Gasteiger partial charge in [-0.05, 0) is 25.5 Å². The maximum absolute atomic E-state index is 4.58. The van der Waals surface area contributed by atoms with E-state index >= 15 is 0 Å². The predicted molar refractivity (Wildman–Crippen MR) is 82.3 cm³/mol. The molecule has 0 spiro atoms. The fourth-order valence-corrected chi connectivity index (χ4v) is 4.09. The lowest BCUT2D eigenvalue weighted by Crippen LogP contribution is -2.66. The van der Waals surface area contributed by atoms with Crippen LogP contribution < -0.4 is 4.57 Å². The molecule has 0 amide bonds. The highest BCUT2D eigenvalue weighted by Gasteiger charge is 2.57. The van der Waals surface area contributed by atoms with E-state index in [-0.39, 0.29) is 11.0 Å². The van der Waals surface area contributed by atoms with Crippen molar-refractivity contribution in [1.82, 2.24) is 14.8 Å². The lowest BCUT2D eigenvalue weighted by atomic mass is 9.64. The molecular formula is C17H21N4+. The first-order chi connectivity index (χ1) is 10.1. The van der Waals surface area contributed by atoms with E-state index in [1.807, 2.05) is 10.7 Å². The van der Waals surface area contributed by atoms with Crippen LogP contribution >= 0.6 is 0 Å². The summed E-state index contributed by atoms with van der Waals surface area (Å²) in [5.74, 6) is 0. The molecule has 0 radical (unpaired) electrons. The normalized spacial score (nSPS) is 27.8. The zero-order valence-corrected chi connectivity index (χ0v) is 13.1. The fraction of sp³-hybridized carbons (Fsp3) is 0.471. The summed E-state index contributed by atoms with van der Waals surface area (Å²) in [6.07, 6.45) is 6.34. The van der Waals surface area contributed by atoms with Gasteiger partial charge in [0.2, 0.25) is 5.52 Å². The van der Waals surface area contributed by atoms with Crippen LogP contribution in [0.15, 0.2) is 30.6 Å². The minimum absolute atomic E-state index is 0.00609. The number of aromatic nitrogens is 4. The number of pyridine rings is 2. The third-order valence-corrected chi connectivity index (χ3v) is 5.98. The molecule has 4 nitrogen and oxygen atoms in total. The highest BCUT2D eigenvalue weighted by atomic mass is 15.4. The van der Waals surface area contributed by atoms with E-state index < -0.39 is 0 Å². The first-order valence-corrected chi connectivity index (χ1v) is 7.76. The van der Waals surface area contributed by atoms with Crippen molar-refractivity contribution in [1.29, 1.82) is 0 Å². The summed E-state index contributed by atoms with van der Waals surface area (Å²) < 4.78 is 4.38. The highest BCUT2D eigenvalue weighted by Crippen LogP contribution is 2.46. The Hall–Kier alpha value is -1.97. The Balaban J connectivity index is 2.31. The molecule has 0 aromatic carbocycles. The third kappa shape index (κ3) is 1.24. The Labute approximate surface area is 124 Å². The van der Waals surface area contributed by atoms with Gasteiger partial charge in [0.15, 0.2) is 17.3 Å². The molecule has 0 saturated carbocycles. The van der Waals surface area contributed by atoms with Crippen LogP contribution in [-0.4, -0.2) is 14.8 Å². The smallest absolute Gasteiger partial charge is 0.214 e. The van der Waals surface area contributed by atoms with Crippen LogP contribution in [0.4, 0.5) is 0 Å². The molecule has 3 aromatic heterocycles.